The van der Waals surface area contributed by atoms with Gasteiger partial charge in [-0.3, -0.25) is 9.78 Å². The number of sulfonamides is 1. The first-order chi connectivity index (χ1) is 10.2. The number of hydrogen-bond acceptors (Lipinski definition) is 5. The largest absolute Gasteiger partial charge is 0.489 e. The molecule has 0 bridgehead atoms. The van der Waals surface area contributed by atoms with Gasteiger partial charge < -0.3 is 9.84 Å². The van der Waals surface area contributed by atoms with Gasteiger partial charge in [0, 0.05) is 18.8 Å². The molecule has 1 aromatic rings. The van der Waals surface area contributed by atoms with Crippen LogP contribution in [-0.2, 0) is 14.8 Å². The van der Waals surface area contributed by atoms with Crippen LogP contribution in [0.5, 0.6) is 5.75 Å². The summed E-state index contributed by atoms with van der Waals surface area (Å²) in [6.07, 6.45) is 3.33. The van der Waals surface area contributed by atoms with Gasteiger partial charge in [-0.25, -0.2) is 8.42 Å². The SMILES string of the molecule is CC(C)Oc1cncc(S(=O)(=O)N2CCCC2(C)C(=O)O)c1. The van der Waals surface area contributed by atoms with Crippen molar-refractivity contribution in [2.24, 2.45) is 0 Å². The van der Waals surface area contributed by atoms with Crippen molar-refractivity contribution in [3.63, 3.8) is 0 Å². The molecule has 1 fully saturated rings. The van der Waals surface area contributed by atoms with Gasteiger partial charge in [-0.15, -0.1) is 0 Å². The smallest absolute Gasteiger partial charge is 0.324 e. The Bertz CT molecular complexity index is 674. The van der Waals surface area contributed by atoms with Crippen molar-refractivity contribution in [2.75, 3.05) is 6.54 Å². The van der Waals surface area contributed by atoms with Crippen LogP contribution in [0.15, 0.2) is 23.4 Å². The maximum Gasteiger partial charge on any atom is 0.324 e. The quantitative estimate of drug-likeness (QED) is 0.880. The zero-order valence-electron chi connectivity index (χ0n) is 12.8. The molecule has 1 aromatic heterocycles. The molecule has 1 unspecified atom stereocenters. The second-order valence-electron chi connectivity index (χ2n) is 5.78. The van der Waals surface area contributed by atoms with E-state index in [9.17, 15) is 18.3 Å². The number of pyridine rings is 1. The fourth-order valence-corrected chi connectivity index (χ4v) is 4.32. The van der Waals surface area contributed by atoms with Crippen molar-refractivity contribution in [1.82, 2.24) is 9.29 Å². The van der Waals surface area contributed by atoms with Crippen LogP contribution in [0.2, 0.25) is 0 Å². The number of hydrogen-bond donors (Lipinski definition) is 1. The van der Waals surface area contributed by atoms with E-state index in [0.717, 1.165) is 4.31 Å². The number of nitrogens with zero attached hydrogens (tertiary/aromatic N) is 2. The minimum Gasteiger partial charge on any atom is -0.489 e. The predicted molar refractivity (Wildman–Crippen MR) is 79.2 cm³/mol. The molecule has 0 radical (unpaired) electrons. The average Bonchev–Trinajstić information content (AvgIpc) is 2.82. The monoisotopic (exact) mass is 328 g/mol. The second-order valence-corrected chi connectivity index (χ2v) is 7.64. The molecule has 22 heavy (non-hydrogen) atoms. The van der Waals surface area contributed by atoms with Gasteiger partial charge in [0.2, 0.25) is 10.0 Å². The van der Waals surface area contributed by atoms with Gasteiger partial charge in [0.15, 0.2) is 0 Å². The Kier molecular flexibility index (Phi) is 4.44. The highest BCUT2D eigenvalue weighted by Crippen LogP contribution is 2.35. The maximum atomic E-state index is 12.8. The van der Waals surface area contributed by atoms with Crippen LogP contribution in [0, 0.1) is 0 Å². The van der Waals surface area contributed by atoms with E-state index in [1.165, 1.54) is 25.4 Å². The molecule has 1 saturated heterocycles. The van der Waals surface area contributed by atoms with Crippen molar-refractivity contribution in [3.8, 4) is 5.75 Å². The van der Waals surface area contributed by atoms with E-state index in [-0.39, 0.29) is 24.0 Å². The number of aromatic nitrogens is 1. The van der Waals surface area contributed by atoms with E-state index in [1.54, 1.807) is 0 Å². The molecular formula is C14H20N2O5S. The number of carboxylic acid groups (broad SMARTS) is 1. The van der Waals surface area contributed by atoms with E-state index < -0.39 is 21.5 Å². The normalized spacial score (nSPS) is 22.9. The lowest BCUT2D eigenvalue weighted by Crippen LogP contribution is -2.50. The van der Waals surface area contributed by atoms with E-state index in [1.807, 2.05) is 13.8 Å². The minimum atomic E-state index is -3.94. The van der Waals surface area contributed by atoms with Crippen LogP contribution in [-0.4, -0.2) is 47.0 Å². The van der Waals surface area contributed by atoms with Crippen LogP contribution in [0.3, 0.4) is 0 Å². The summed E-state index contributed by atoms with van der Waals surface area (Å²) in [6, 6.07) is 1.38. The first kappa shape index (κ1) is 16.7. The second kappa shape index (κ2) is 5.85. The molecule has 0 amide bonds. The summed E-state index contributed by atoms with van der Waals surface area (Å²) < 4.78 is 32.0. The van der Waals surface area contributed by atoms with Crippen LogP contribution in [0.25, 0.3) is 0 Å². The average molecular weight is 328 g/mol. The molecule has 1 atom stereocenters. The summed E-state index contributed by atoms with van der Waals surface area (Å²) in [6.45, 7) is 5.26. The number of aliphatic carboxylic acids is 1. The Morgan fingerprint density at radius 3 is 2.73 bits per heavy atom. The predicted octanol–water partition coefficient (Wildman–Crippen LogP) is 1.50. The highest BCUT2D eigenvalue weighted by molar-refractivity contribution is 7.89. The molecule has 1 aliphatic heterocycles. The molecule has 7 nitrogen and oxygen atoms in total. The van der Waals surface area contributed by atoms with Crippen LogP contribution >= 0.6 is 0 Å². The van der Waals surface area contributed by atoms with E-state index >= 15 is 0 Å². The molecule has 2 heterocycles. The highest BCUT2D eigenvalue weighted by atomic mass is 32.2. The molecule has 122 valence electrons. The standard InChI is InChI=1S/C14H20N2O5S/c1-10(2)21-11-7-12(9-15-8-11)22(19,20)16-6-4-5-14(16,3)13(17)18/h7-10H,4-6H2,1-3H3,(H,17,18). The van der Waals surface area contributed by atoms with Gasteiger partial charge in [0.05, 0.1) is 12.3 Å². The molecule has 2 rings (SSSR count). The third kappa shape index (κ3) is 2.93. The Hall–Kier alpha value is -1.67. The Balaban J connectivity index is 2.40. The van der Waals surface area contributed by atoms with Gasteiger partial charge in [-0.1, -0.05) is 0 Å². The summed E-state index contributed by atoms with van der Waals surface area (Å²) in [4.78, 5) is 15.3. The van der Waals surface area contributed by atoms with Crippen molar-refractivity contribution in [3.05, 3.63) is 18.5 Å². The lowest BCUT2D eigenvalue weighted by Gasteiger charge is -2.30. The molecule has 8 heteroatoms. The summed E-state index contributed by atoms with van der Waals surface area (Å²) in [5.74, 6) is -0.802. The van der Waals surface area contributed by atoms with Crippen molar-refractivity contribution < 1.29 is 23.1 Å². The Morgan fingerprint density at radius 2 is 2.14 bits per heavy atom. The lowest BCUT2D eigenvalue weighted by molar-refractivity contribution is -0.146. The molecule has 0 aromatic carbocycles. The van der Waals surface area contributed by atoms with Crippen LogP contribution in [0.1, 0.15) is 33.6 Å². The fraction of sp³-hybridized carbons (Fsp3) is 0.571. The molecule has 1 aliphatic rings. The van der Waals surface area contributed by atoms with Gasteiger partial charge in [-0.2, -0.15) is 4.31 Å². The Morgan fingerprint density at radius 1 is 1.45 bits per heavy atom. The number of rotatable bonds is 5. The fourth-order valence-electron chi connectivity index (χ4n) is 2.54. The first-order valence-corrected chi connectivity index (χ1v) is 8.50. The van der Waals surface area contributed by atoms with Crippen molar-refractivity contribution >= 4 is 16.0 Å². The molecule has 0 spiro atoms. The zero-order chi connectivity index (χ0) is 16.5. The Labute approximate surface area is 130 Å². The van der Waals surface area contributed by atoms with Crippen LogP contribution < -0.4 is 4.74 Å². The third-order valence-electron chi connectivity index (χ3n) is 3.68. The summed E-state index contributed by atoms with van der Waals surface area (Å²) in [5, 5.41) is 9.38. The van der Waals surface area contributed by atoms with Crippen LogP contribution in [0.4, 0.5) is 0 Å². The van der Waals surface area contributed by atoms with Gasteiger partial charge in [0.1, 0.15) is 16.2 Å². The number of carboxylic acids is 1. The molecule has 1 N–H and O–H groups in total. The zero-order valence-corrected chi connectivity index (χ0v) is 13.6. The van der Waals surface area contributed by atoms with Gasteiger partial charge >= 0.3 is 5.97 Å². The van der Waals surface area contributed by atoms with Crippen molar-refractivity contribution in [1.29, 1.82) is 0 Å². The molecule has 0 aliphatic carbocycles. The molecular weight excluding hydrogens is 308 g/mol. The summed E-state index contributed by atoms with van der Waals surface area (Å²) in [5.41, 5.74) is -1.42. The van der Waals surface area contributed by atoms with E-state index in [2.05, 4.69) is 4.98 Å². The number of ether oxygens (including phenoxy) is 1. The van der Waals surface area contributed by atoms with Gasteiger partial charge in [-0.05, 0) is 33.6 Å². The van der Waals surface area contributed by atoms with Gasteiger partial charge in [0.25, 0.3) is 0 Å². The first-order valence-electron chi connectivity index (χ1n) is 7.06. The summed E-state index contributed by atoms with van der Waals surface area (Å²) in [7, 11) is -3.94. The highest BCUT2D eigenvalue weighted by Gasteiger charge is 2.49. The maximum absolute atomic E-state index is 12.8. The summed E-state index contributed by atoms with van der Waals surface area (Å²) >= 11 is 0. The lowest BCUT2D eigenvalue weighted by atomic mass is 10.0. The third-order valence-corrected chi connectivity index (χ3v) is 5.67. The van der Waals surface area contributed by atoms with Crippen molar-refractivity contribution in [2.45, 2.75) is 50.2 Å². The number of carbonyl (C=O) groups is 1. The topological polar surface area (TPSA) is 96.8 Å². The van der Waals surface area contributed by atoms with E-state index in [0.29, 0.717) is 12.2 Å². The minimum absolute atomic E-state index is 0.0555. The van der Waals surface area contributed by atoms with E-state index in [4.69, 9.17) is 4.74 Å². The molecule has 0 saturated carbocycles.